The van der Waals surface area contributed by atoms with Gasteiger partial charge in [0, 0.05) is 37.6 Å². The van der Waals surface area contributed by atoms with Crippen molar-refractivity contribution in [2.45, 2.75) is 19.8 Å². The van der Waals surface area contributed by atoms with Gasteiger partial charge in [0.05, 0.1) is 18.1 Å². The number of amides is 2. The van der Waals surface area contributed by atoms with Crippen LogP contribution >= 0.6 is 0 Å². The summed E-state index contributed by atoms with van der Waals surface area (Å²) in [5.74, 6) is 0.741. The van der Waals surface area contributed by atoms with E-state index in [9.17, 15) is 9.59 Å². The van der Waals surface area contributed by atoms with Gasteiger partial charge >= 0.3 is 0 Å². The maximum atomic E-state index is 13.2. The number of aromatic nitrogens is 1. The molecule has 170 valence electrons. The van der Waals surface area contributed by atoms with Gasteiger partial charge in [-0.2, -0.15) is 0 Å². The van der Waals surface area contributed by atoms with Crippen molar-refractivity contribution < 1.29 is 14.3 Å². The maximum absolute atomic E-state index is 13.2. The molecule has 2 amide bonds. The van der Waals surface area contributed by atoms with Gasteiger partial charge in [-0.3, -0.25) is 14.6 Å². The minimum atomic E-state index is -0.653. The minimum Gasteiger partial charge on any atom is -0.496 e. The number of hydrogen-bond donors (Lipinski definition) is 1. The smallest absolute Gasteiger partial charge is 0.255 e. The van der Waals surface area contributed by atoms with Gasteiger partial charge < -0.3 is 15.0 Å². The number of pyridine rings is 1. The summed E-state index contributed by atoms with van der Waals surface area (Å²) >= 11 is 0. The molecule has 33 heavy (non-hydrogen) atoms. The van der Waals surface area contributed by atoms with Crippen LogP contribution in [0.3, 0.4) is 0 Å². The number of likely N-dealkylation sites (tertiary alicyclic amines) is 1. The molecule has 1 N–H and O–H groups in total. The highest BCUT2D eigenvalue weighted by molar-refractivity contribution is 5.95. The molecule has 0 bridgehead atoms. The summed E-state index contributed by atoms with van der Waals surface area (Å²) in [6, 6.07) is 19.7. The zero-order chi connectivity index (χ0) is 23.3. The Morgan fingerprint density at radius 1 is 1.09 bits per heavy atom. The Labute approximate surface area is 194 Å². The van der Waals surface area contributed by atoms with Crippen LogP contribution in [0.15, 0.2) is 73.1 Å². The molecule has 2 heterocycles. The number of para-hydroxylation sites is 1. The molecule has 0 radical (unpaired) electrons. The van der Waals surface area contributed by atoms with E-state index >= 15 is 0 Å². The van der Waals surface area contributed by atoms with Gasteiger partial charge in [-0.25, -0.2) is 0 Å². The summed E-state index contributed by atoms with van der Waals surface area (Å²) in [5.41, 5.74) is 3.04. The normalized spacial score (nSPS) is 17.6. The Morgan fingerprint density at radius 2 is 1.88 bits per heavy atom. The SMILES string of the molecule is CCNC(=O)[C@]1(Cc2ccc(-c3ccccc3OC)cc2)CCN(C(=O)c2cccnc2)C1. The lowest BCUT2D eigenvalue weighted by molar-refractivity contribution is -0.130. The summed E-state index contributed by atoms with van der Waals surface area (Å²) in [6.07, 6.45) is 4.42. The number of carbonyl (C=O) groups excluding carboxylic acids is 2. The molecule has 1 aromatic heterocycles. The van der Waals surface area contributed by atoms with Crippen molar-refractivity contribution in [2.24, 2.45) is 5.41 Å². The fraction of sp³-hybridized carbons (Fsp3) is 0.296. The molecule has 6 nitrogen and oxygen atoms in total. The molecule has 1 aliphatic rings. The molecule has 1 atom stereocenters. The monoisotopic (exact) mass is 443 g/mol. The number of hydrogen-bond acceptors (Lipinski definition) is 4. The van der Waals surface area contributed by atoms with Crippen molar-refractivity contribution in [3.05, 3.63) is 84.2 Å². The van der Waals surface area contributed by atoms with Crippen molar-refractivity contribution in [1.82, 2.24) is 15.2 Å². The maximum Gasteiger partial charge on any atom is 0.255 e. The van der Waals surface area contributed by atoms with Gasteiger partial charge in [0.2, 0.25) is 5.91 Å². The van der Waals surface area contributed by atoms with E-state index < -0.39 is 5.41 Å². The lowest BCUT2D eigenvalue weighted by Gasteiger charge is -2.28. The van der Waals surface area contributed by atoms with Crippen molar-refractivity contribution in [1.29, 1.82) is 0 Å². The third-order valence-electron chi connectivity index (χ3n) is 6.28. The first-order valence-corrected chi connectivity index (χ1v) is 11.3. The van der Waals surface area contributed by atoms with E-state index in [1.807, 2.05) is 31.2 Å². The number of ether oxygens (including phenoxy) is 1. The molecule has 6 heteroatoms. The summed E-state index contributed by atoms with van der Waals surface area (Å²) < 4.78 is 5.49. The first-order chi connectivity index (χ1) is 16.1. The third-order valence-corrected chi connectivity index (χ3v) is 6.28. The zero-order valence-electron chi connectivity index (χ0n) is 19.1. The van der Waals surface area contributed by atoms with E-state index in [0.717, 1.165) is 22.4 Å². The average Bonchev–Trinajstić information content (AvgIpc) is 3.30. The molecular formula is C27H29N3O3. The van der Waals surface area contributed by atoms with E-state index in [4.69, 9.17) is 4.74 Å². The Hall–Kier alpha value is -3.67. The van der Waals surface area contributed by atoms with Gasteiger partial charge in [-0.05, 0) is 49.1 Å². The topological polar surface area (TPSA) is 71.5 Å². The highest BCUT2D eigenvalue weighted by Crippen LogP contribution is 2.36. The highest BCUT2D eigenvalue weighted by atomic mass is 16.5. The zero-order valence-corrected chi connectivity index (χ0v) is 19.1. The second kappa shape index (κ2) is 9.86. The largest absolute Gasteiger partial charge is 0.496 e. The molecule has 1 aliphatic heterocycles. The van der Waals surface area contributed by atoms with Crippen LogP contribution in [-0.2, 0) is 11.2 Å². The molecule has 1 fully saturated rings. The van der Waals surface area contributed by atoms with Crippen LogP contribution in [0.25, 0.3) is 11.1 Å². The number of benzene rings is 2. The van der Waals surface area contributed by atoms with Gasteiger partial charge in [-0.1, -0.05) is 42.5 Å². The number of carbonyl (C=O) groups is 2. The fourth-order valence-electron chi connectivity index (χ4n) is 4.55. The van der Waals surface area contributed by atoms with Gasteiger partial charge in [0.25, 0.3) is 5.91 Å². The van der Waals surface area contributed by atoms with E-state index in [0.29, 0.717) is 38.0 Å². The first kappa shape index (κ1) is 22.5. The molecule has 0 unspecified atom stereocenters. The Morgan fingerprint density at radius 3 is 2.58 bits per heavy atom. The van der Waals surface area contributed by atoms with Gasteiger partial charge in [0.1, 0.15) is 5.75 Å². The predicted octanol–water partition coefficient (Wildman–Crippen LogP) is 3.97. The van der Waals surface area contributed by atoms with Crippen LogP contribution in [0.5, 0.6) is 5.75 Å². The summed E-state index contributed by atoms with van der Waals surface area (Å²) in [6.45, 7) is 3.41. The van der Waals surface area contributed by atoms with Crippen molar-refractivity contribution in [3.63, 3.8) is 0 Å². The number of nitrogens with one attached hydrogen (secondary N) is 1. The van der Waals surface area contributed by atoms with Crippen molar-refractivity contribution >= 4 is 11.8 Å². The van der Waals surface area contributed by atoms with Crippen LogP contribution in [0.4, 0.5) is 0 Å². The Balaban J connectivity index is 1.56. The summed E-state index contributed by atoms with van der Waals surface area (Å²) in [5, 5.41) is 2.99. The molecule has 2 aromatic carbocycles. The Kier molecular flexibility index (Phi) is 6.73. The quantitative estimate of drug-likeness (QED) is 0.600. The number of rotatable bonds is 7. The van der Waals surface area contributed by atoms with Gasteiger partial charge in [0.15, 0.2) is 0 Å². The molecule has 3 aromatic rings. The van der Waals surface area contributed by atoms with Crippen LogP contribution < -0.4 is 10.1 Å². The molecule has 1 saturated heterocycles. The Bertz CT molecular complexity index is 1110. The first-order valence-electron chi connectivity index (χ1n) is 11.3. The number of methoxy groups -OCH3 is 1. The fourth-order valence-corrected chi connectivity index (χ4v) is 4.55. The third kappa shape index (κ3) is 4.75. The molecule has 0 aliphatic carbocycles. The predicted molar refractivity (Wildman–Crippen MR) is 128 cm³/mol. The molecular weight excluding hydrogens is 414 g/mol. The second-order valence-electron chi connectivity index (χ2n) is 8.43. The van der Waals surface area contributed by atoms with Crippen LogP contribution in [-0.4, -0.2) is 48.4 Å². The van der Waals surface area contributed by atoms with E-state index in [1.165, 1.54) is 0 Å². The van der Waals surface area contributed by atoms with E-state index in [1.54, 1.807) is 36.5 Å². The molecule has 0 spiro atoms. The lowest BCUT2D eigenvalue weighted by atomic mass is 9.79. The molecule has 4 rings (SSSR count). The minimum absolute atomic E-state index is 0.000270. The summed E-state index contributed by atoms with van der Waals surface area (Å²) in [7, 11) is 1.67. The van der Waals surface area contributed by atoms with Gasteiger partial charge in [-0.15, -0.1) is 0 Å². The van der Waals surface area contributed by atoms with E-state index in [2.05, 4.69) is 34.6 Å². The van der Waals surface area contributed by atoms with Crippen LogP contribution in [0.1, 0.15) is 29.3 Å². The van der Waals surface area contributed by atoms with Crippen LogP contribution in [0, 0.1) is 5.41 Å². The average molecular weight is 444 g/mol. The highest BCUT2D eigenvalue weighted by Gasteiger charge is 2.45. The number of nitrogens with zero attached hydrogens (tertiary/aromatic N) is 2. The molecule has 0 saturated carbocycles. The standard InChI is InChI=1S/C27H29N3O3/c1-3-29-26(32)27(14-16-30(19-27)25(31)22-7-6-15-28-18-22)17-20-10-12-21(13-11-20)23-8-4-5-9-24(23)33-2/h4-13,15,18H,3,14,16-17,19H2,1-2H3,(H,29,32)/t27-/m0/s1. The summed E-state index contributed by atoms with van der Waals surface area (Å²) in [4.78, 5) is 32.0. The van der Waals surface area contributed by atoms with Crippen molar-refractivity contribution in [2.75, 3.05) is 26.7 Å². The lowest BCUT2D eigenvalue weighted by Crippen LogP contribution is -2.45. The van der Waals surface area contributed by atoms with E-state index in [-0.39, 0.29) is 11.8 Å². The second-order valence-corrected chi connectivity index (χ2v) is 8.43. The van der Waals surface area contributed by atoms with Crippen molar-refractivity contribution in [3.8, 4) is 16.9 Å². The van der Waals surface area contributed by atoms with Crippen LogP contribution in [0.2, 0.25) is 0 Å².